The number of rotatable bonds is 5. The molecular weight excluding hydrogens is 214 g/mol. The van der Waals surface area contributed by atoms with Crippen molar-refractivity contribution in [2.24, 2.45) is 0 Å². The highest BCUT2D eigenvalue weighted by Gasteiger charge is 2.07. The minimum absolute atomic E-state index is 0.333. The van der Waals surface area contributed by atoms with E-state index in [4.69, 9.17) is 10.2 Å². The van der Waals surface area contributed by atoms with Crippen LogP contribution in [0.2, 0.25) is 0 Å². The molecule has 2 N–H and O–H groups in total. The van der Waals surface area contributed by atoms with Crippen molar-refractivity contribution < 1.29 is 4.43 Å². The number of anilines is 1. The molecule has 0 radical (unpaired) electrons. The van der Waals surface area contributed by atoms with Crippen molar-refractivity contribution in [1.29, 1.82) is 0 Å². The Bertz CT molecular complexity index is 325. The quantitative estimate of drug-likeness (QED) is 0.622. The zero-order valence-corrected chi connectivity index (χ0v) is 12.3. The number of nitrogens with two attached hydrogens (primary N) is 1. The molecule has 0 saturated carbocycles. The highest BCUT2D eigenvalue weighted by atomic mass is 28.2. The molecule has 3 heteroatoms. The van der Waals surface area contributed by atoms with Crippen LogP contribution in [0.4, 0.5) is 5.69 Å². The molecule has 1 aromatic carbocycles. The molecule has 0 bridgehead atoms. The van der Waals surface area contributed by atoms with Crippen LogP contribution in [0.15, 0.2) is 12.1 Å². The smallest absolute Gasteiger partial charge is 0.192 e. The van der Waals surface area contributed by atoms with Gasteiger partial charge in [-0.3, -0.25) is 0 Å². The molecule has 0 amide bonds. The summed E-state index contributed by atoms with van der Waals surface area (Å²) in [5, 5.41) is 1.37. The first-order valence-electron chi connectivity index (χ1n) is 6.10. The lowest BCUT2D eigenvalue weighted by atomic mass is 10.0. The Morgan fingerprint density at radius 2 is 1.69 bits per heavy atom. The first-order chi connectivity index (χ1) is 7.58. The molecular formula is C13H23NOSi. The molecule has 0 aliphatic heterocycles. The van der Waals surface area contributed by atoms with E-state index >= 15 is 0 Å². The number of aryl methyl sites for hydroxylation is 2. The molecule has 0 atom stereocenters. The standard InChI is InChI=1S/C13H23NOSi/c1-5-10-7-12(16-15-9(3)4)8-11(6-2)13(10)14/h7-9H,5-6,14,16H2,1-4H3. The van der Waals surface area contributed by atoms with Gasteiger partial charge in [0, 0.05) is 11.8 Å². The van der Waals surface area contributed by atoms with Crippen molar-refractivity contribution in [3.05, 3.63) is 23.3 Å². The molecule has 0 aliphatic carbocycles. The van der Waals surface area contributed by atoms with Crippen LogP contribution >= 0.6 is 0 Å². The summed E-state index contributed by atoms with van der Waals surface area (Å²) in [5.74, 6) is 0. The number of benzene rings is 1. The van der Waals surface area contributed by atoms with E-state index in [2.05, 4.69) is 39.8 Å². The molecule has 0 aliphatic rings. The highest BCUT2D eigenvalue weighted by molar-refractivity contribution is 6.47. The maximum atomic E-state index is 6.10. The second kappa shape index (κ2) is 6.06. The van der Waals surface area contributed by atoms with Gasteiger partial charge in [-0.2, -0.15) is 0 Å². The largest absolute Gasteiger partial charge is 0.416 e. The monoisotopic (exact) mass is 237 g/mol. The first kappa shape index (κ1) is 13.3. The van der Waals surface area contributed by atoms with Crippen molar-refractivity contribution in [1.82, 2.24) is 0 Å². The van der Waals surface area contributed by atoms with Gasteiger partial charge in [0.15, 0.2) is 9.76 Å². The van der Waals surface area contributed by atoms with E-state index in [1.807, 2.05) is 0 Å². The maximum Gasteiger partial charge on any atom is 0.192 e. The van der Waals surface area contributed by atoms with Gasteiger partial charge in [0.1, 0.15) is 0 Å². The van der Waals surface area contributed by atoms with E-state index in [-0.39, 0.29) is 0 Å². The number of hydrogen-bond donors (Lipinski definition) is 1. The third kappa shape index (κ3) is 3.35. The molecule has 1 rings (SSSR count). The van der Waals surface area contributed by atoms with E-state index in [0.29, 0.717) is 6.10 Å². The fourth-order valence-electron chi connectivity index (χ4n) is 1.78. The SMILES string of the molecule is CCc1cc([SiH2]OC(C)C)cc(CC)c1N. The van der Waals surface area contributed by atoms with Gasteiger partial charge in [-0.1, -0.05) is 26.0 Å². The number of hydrogen-bond acceptors (Lipinski definition) is 2. The number of nitrogen functional groups attached to an aromatic ring is 1. The zero-order valence-electron chi connectivity index (χ0n) is 10.8. The minimum Gasteiger partial charge on any atom is -0.416 e. The Morgan fingerprint density at radius 3 is 2.06 bits per heavy atom. The lowest BCUT2D eigenvalue weighted by molar-refractivity contribution is 0.260. The van der Waals surface area contributed by atoms with Gasteiger partial charge >= 0.3 is 0 Å². The maximum absolute atomic E-state index is 6.10. The summed E-state index contributed by atoms with van der Waals surface area (Å²) in [6, 6.07) is 4.45. The van der Waals surface area contributed by atoms with Gasteiger partial charge < -0.3 is 10.2 Å². The van der Waals surface area contributed by atoms with E-state index in [1.54, 1.807) is 0 Å². The summed E-state index contributed by atoms with van der Waals surface area (Å²) in [6.07, 6.45) is 2.34. The van der Waals surface area contributed by atoms with Gasteiger partial charge in [0.05, 0.1) is 0 Å². The van der Waals surface area contributed by atoms with Crippen molar-refractivity contribution in [2.45, 2.75) is 46.6 Å². The summed E-state index contributed by atoms with van der Waals surface area (Å²) in [4.78, 5) is 0. The molecule has 0 aromatic heterocycles. The molecule has 16 heavy (non-hydrogen) atoms. The second-order valence-corrected chi connectivity index (χ2v) is 5.83. The summed E-state index contributed by atoms with van der Waals surface area (Å²) < 4.78 is 5.76. The normalized spacial score (nSPS) is 11.8. The van der Waals surface area contributed by atoms with E-state index < -0.39 is 9.76 Å². The van der Waals surface area contributed by atoms with Crippen molar-refractivity contribution in [3.63, 3.8) is 0 Å². The van der Waals surface area contributed by atoms with Crippen molar-refractivity contribution >= 4 is 20.6 Å². The molecule has 2 nitrogen and oxygen atoms in total. The minimum atomic E-state index is -0.592. The molecule has 90 valence electrons. The Morgan fingerprint density at radius 1 is 1.19 bits per heavy atom. The topological polar surface area (TPSA) is 35.2 Å². The third-order valence-electron chi connectivity index (χ3n) is 2.76. The van der Waals surface area contributed by atoms with Gasteiger partial charge in [-0.15, -0.1) is 0 Å². The van der Waals surface area contributed by atoms with Gasteiger partial charge in [0.2, 0.25) is 0 Å². The average molecular weight is 237 g/mol. The van der Waals surface area contributed by atoms with Gasteiger partial charge in [0.25, 0.3) is 0 Å². The first-order valence-corrected chi connectivity index (χ1v) is 7.38. The summed E-state index contributed by atoms with van der Waals surface area (Å²) in [6.45, 7) is 8.48. The van der Waals surface area contributed by atoms with Gasteiger partial charge in [-0.25, -0.2) is 0 Å². The fraction of sp³-hybridized carbons (Fsp3) is 0.538. The van der Waals surface area contributed by atoms with Crippen LogP contribution < -0.4 is 10.9 Å². The van der Waals surface area contributed by atoms with Crippen LogP contribution in [0.25, 0.3) is 0 Å². The van der Waals surface area contributed by atoms with Crippen LogP contribution in [0.3, 0.4) is 0 Å². The van der Waals surface area contributed by atoms with Crippen LogP contribution in [-0.4, -0.2) is 15.9 Å². The molecule has 0 saturated heterocycles. The lowest BCUT2D eigenvalue weighted by Crippen LogP contribution is -2.22. The average Bonchev–Trinajstić information content (AvgIpc) is 2.27. The Hall–Kier alpha value is -0.803. The van der Waals surface area contributed by atoms with Crippen LogP contribution in [0.5, 0.6) is 0 Å². The van der Waals surface area contributed by atoms with E-state index in [9.17, 15) is 0 Å². The van der Waals surface area contributed by atoms with E-state index in [1.165, 1.54) is 16.3 Å². The highest BCUT2D eigenvalue weighted by Crippen LogP contribution is 2.17. The Balaban J connectivity index is 2.93. The van der Waals surface area contributed by atoms with Crippen LogP contribution in [0, 0.1) is 0 Å². The van der Waals surface area contributed by atoms with Gasteiger partial charge in [-0.05, 0) is 43.0 Å². The lowest BCUT2D eigenvalue weighted by Gasteiger charge is -2.13. The van der Waals surface area contributed by atoms with E-state index in [0.717, 1.165) is 18.5 Å². The van der Waals surface area contributed by atoms with Crippen LogP contribution in [0.1, 0.15) is 38.8 Å². The summed E-state index contributed by atoms with van der Waals surface area (Å²) >= 11 is 0. The van der Waals surface area contributed by atoms with Crippen molar-refractivity contribution in [2.75, 3.05) is 5.73 Å². The molecule has 0 fully saturated rings. The van der Waals surface area contributed by atoms with Crippen molar-refractivity contribution in [3.8, 4) is 0 Å². The predicted molar refractivity (Wildman–Crippen MR) is 74.0 cm³/mol. The Kier molecular flexibility index (Phi) is 5.02. The molecule has 0 spiro atoms. The second-order valence-electron chi connectivity index (χ2n) is 4.39. The summed E-state index contributed by atoms with van der Waals surface area (Å²) in [7, 11) is -0.592. The van der Waals surface area contributed by atoms with Crippen LogP contribution in [-0.2, 0) is 17.3 Å². The molecule has 0 unspecified atom stereocenters. The summed E-state index contributed by atoms with van der Waals surface area (Å²) in [5.41, 5.74) is 9.63. The zero-order chi connectivity index (χ0) is 12.1. The third-order valence-corrected chi connectivity index (χ3v) is 4.33. The molecule has 1 aromatic rings. The predicted octanol–water partition coefficient (Wildman–Crippen LogP) is 1.53. The Labute approximate surface area is 101 Å². The molecule has 0 heterocycles. The fourth-order valence-corrected chi connectivity index (χ4v) is 2.97.